The Hall–Kier alpha value is -4.40. The minimum absolute atomic E-state index is 0.0288. The van der Waals surface area contributed by atoms with Gasteiger partial charge in [0, 0.05) is 6.42 Å². The van der Waals surface area contributed by atoms with Crippen LogP contribution in [0.4, 0.5) is 0 Å². The second-order valence-corrected chi connectivity index (χ2v) is 15.3. The molecule has 20 heteroatoms. The van der Waals surface area contributed by atoms with Crippen LogP contribution in [0.2, 0.25) is 0 Å². The topological polar surface area (TPSA) is 301 Å². The normalized spacial score (nSPS) is 14.2. The molecule has 0 aliphatic heterocycles. The van der Waals surface area contributed by atoms with E-state index in [-0.39, 0.29) is 25.7 Å². The van der Waals surface area contributed by atoms with Gasteiger partial charge in [0.25, 0.3) is 0 Å². The Morgan fingerprint density at radius 3 is 1.73 bits per heavy atom. The predicted octanol–water partition coefficient (Wildman–Crippen LogP) is -1.05. The molecule has 0 aliphatic carbocycles. The molecule has 0 fully saturated rings. The van der Waals surface area contributed by atoms with Crippen LogP contribution in [-0.4, -0.2) is 131 Å². The van der Waals surface area contributed by atoms with E-state index in [1.807, 2.05) is 6.26 Å². The molecular formula is C36H58N8O10S2. The summed E-state index contributed by atoms with van der Waals surface area (Å²) >= 11 is 2.87. The molecule has 6 amide bonds. The molecule has 56 heavy (non-hydrogen) atoms. The van der Waals surface area contributed by atoms with Crippen LogP contribution < -0.4 is 43.4 Å². The fraction of sp³-hybridized carbons (Fsp3) is 0.611. The van der Waals surface area contributed by atoms with Crippen LogP contribution in [-0.2, 0) is 44.8 Å². The van der Waals surface area contributed by atoms with Crippen molar-refractivity contribution in [2.24, 2.45) is 17.4 Å². The summed E-state index contributed by atoms with van der Waals surface area (Å²) < 4.78 is 0. The zero-order chi connectivity index (χ0) is 42.2. The maximum absolute atomic E-state index is 14.0. The maximum atomic E-state index is 14.0. The van der Waals surface area contributed by atoms with Crippen LogP contribution in [0.3, 0.4) is 0 Å². The van der Waals surface area contributed by atoms with E-state index < -0.39 is 103 Å². The lowest BCUT2D eigenvalue weighted by molar-refractivity contribution is -0.141. The van der Waals surface area contributed by atoms with E-state index in [0.29, 0.717) is 36.5 Å². The smallest absolute Gasteiger partial charge is 0.322 e. The summed E-state index contributed by atoms with van der Waals surface area (Å²) in [5.41, 5.74) is 12.2. The van der Waals surface area contributed by atoms with Gasteiger partial charge in [0.2, 0.25) is 35.4 Å². The van der Waals surface area contributed by atoms with Gasteiger partial charge in [-0.25, -0.2) is 0 Å². The van der Waals surface area contributed by atoms with E-state index in [1.165, 1.54) is 23.5 Å². The minimum atomic E-state index is -1.56. The fourth-order valence-electron chi connectivity index (χ4n) is 5.24. The number of nitrogens with one attached hydrogen (secondary N) is 6. The van der Waals surface area contributed by atoms with Crippen LogP contribution in [0.1, 0.15) is 57.9 Å². The quantitative estimate of drug-likeness (QED) is 0.0451. The zero-order valence-corrected chi connectivity index (χ0v) is 34.0. The van der Waals surface area contributed by atoms with Crippen LogP contribution in [0, 0.1) is 5.92 Å². The molecule has 1 rings (SSSR count). The molecule has 0 aromatic heterocycles. The SMILES string of the molecule is CSCC[C@H](NC(=O)[C@H](Cc1ccccc1)NC(=O)[C@@H](NC(=O)[C@H](CC(=O)O)NC(=O)[C@@H](N)CCSC)C(C)C)C(=O)N[C@@H](CCCCN)C(=O)NCC(=O)O. The number of carbonyl (C=O) groups is 8. The van der Waals surface area contributed by atoms with Gasteiger partial charge in [-0.15, -0.1) is 0 Å². The third-order valence-corrected chi connectivity index (χ3v) is 9.67. The molecule has 314 valence electrons. The molecule has 0 unspecified atom stereocenters. The van der Waals surface area contributed by atoms with Gasteiger partial charge in [0.05, 0.1) is 12.5 Å². The van der Waals surface area contributed by atoms with Gasteiger partial charge in [-0.3, -0.25) is 38.4 Å². The lowest BCUT2D eigenvalue weighted by Crippen LogP contribution is -2.61. The summed E-state index contributed by atoms with van der Waals surface area (Å²) in [5.74, 6) is -6.87. The van der Waals surface area contributed by atoms with Crippen LogP contribution >= 0.6 is 23.5 Å². The van der Waals surface area contributed by atoms with Gasteiger partial charge in [0.15, 0.2) is 0 Å². The highest BCUT2D eigenvalue weighted by molar-refractivity contribution is 7.98. The highest BCUT2D eigenvalue weighted by atomic mass is 32.2. The van der Waals surface area contributed by atoms with Gasteiger partial charge in [-0.1, -0.05) is 44.2 Å². The second kappa shape index (κ2) is 27.2. The maximum Gasteiger partial charge on any atom is 0.322 e. The molecular weight excluding hydrogens is 769 g/mol. The molecule has 0 bridgehead atoms. The standard InChI is InChI=1S/C36H58N8O10S2/c1-21(2)30(44-35(53)27(19-28(45)46)42-31(49)23(38)13-16-55-3)36(54)43-26(18-22-10-6-5-7-11-22)34(52)41-25(14-17-56-4)33(51)40-24(12-8-9-15-37)32(50)39-20-29(47)48/h5-7,10-11,21,23-27,30H,8-9,12-20,37-38H2,1-4H3,(H,39,50)(H,40,51)(H,41,52)(H,42,49)(H,43,54)(H,44,53)(H,45,46)(H,47,48)/t23-,24-,25-,26-,27-,30-/m0/s1. The summed E-state index contributed by atoms with van der Waals surface area (Å²) in [4.78, 5) is 103. The number of carboxylic acids is 2. The van der Waals surface area contributed by atoms with Crippen molar-refractivity contribution in [3.8, 4) is 0 Å². The molecule has 18 nitrogen and oxygen atoms in total. The van der Waals surface area contributed by atoms with Crippen LogP contribution in [0.15, 0.2) is 30.3 Å². The number of nitrogens with two attached hydrogens (primary N) is 2. The van der Waals surface area contributed by atoms with Crippen LogP contribution in [0.25, 0.3) is 0 Å². The third kappa shape index (κ3) is 19.5. The van der Waals surface area contributed by atoms with Crippen molar-refractivity contribution in [3.63, 3.8) is 0 Å². The van der Waals surface area contributed by atoms with Crippen molar-refractivity contribution >= 4 is 70.9 Å². The Labute approximate surface area is 335 Å². The number of benzene rings is 1. The first-order valence-corrected chi connectivity index (χ1v) is 21.0. The lowest BCUT2D eigenvalue weighted by atomic mass is 10.00. The summed E-state index contributed by atoms with van der Waals surface area (Å²) in [6.45, 7) is 2.93. The molecule has 0 saturated heterocycles. The van der Waals surface area contributed by atoms with E-state index in [0.717, 1.165) is 0 Å². The van der Waals surface area contributed by atoms with Crippen LogP contribution in [0.5, 0.6) is 0 Å². The molecule has 12 N–H and O–H groups in total. The van der Waals surface area contributed by atoms with Gasteiger partial charge in [-0.05, 0) is 74.1 Å². The number of rotatable bonds is 28. The van der Waals surface area contributed by atoms with E-state index in [2.05, 4.69) is 31.9 Å². The summed E-state index contributed by atoms with van der Waals surface area (Å²) in [6, 6.07) is 1.30. The molecule has 0 aliphatic rings. The van der Waals surface area contributed by atoms with E-state index >= 15 is 0 Å². The average Bonchev–Trinajstić information content (AvgIpc) is 3.15. The van der Waals surface area contributed by atoms with Crippen molar-refractivity contribution in [2.45, 2.75) is 95.0 Å². The second-order valence-electron chi connectivity index (χ2n) is 13.3. The molecule has 0 saturated carbocycles. The number of hydrogen-bond acceptors (Lipinski definition) is 12. The van der Waals surface area contributed by atoms with Gasteiger partial charge < -0.3 is 53.6 Å². The van der Waals surface area contributed by atoms with Gasteiger partial charge >= 0.3 is 11.9 Å². The molecule has 0 heterocycles. The Balaban J connectivity index is 3.35. The van der Waals surface area contributed by atoms with E-state index in [1.54, 1.807) is 50.4 Å². The molecule has 0 radical (unpaired) electrons. The third-order valence-electron chi connectivity index (χ3n) is 8.38. The van der Waals surface area contributed by atoms with Gasteiger partial charge in [-0.2, -0.15) is 23.5 Å². The molecule has 6 atom stereocenters. The predicted molar refractivity (Wildman–Crippen MR) is 214 cm³/mol. The van der Waals surface area contributed by atoms with Crippen molar-refractivity contribution < 1.29 is 48.6 Å². The Morgan fingerprint density at radius 2 is 1.18 bits per heavy atom. The number of unbranched alkanes of at least 4 members (excludes halogenated alkanes) is 1. The summed E-state index contributed by atoms with van der Waals surface area (Å²) in [6.07, 6.45) is 4.40. The lowest BCUT2D eigenvalue weighted by Gasteiger charge is -2.28. The summed E-state index contributed by atoms with van der Waals surface area (Å²) in [7, 11) is 0. The number of carbonyl (C=O) groups excluding carboxylic acids is 6. The number of carboxylic acid groups (broad SMARTS) is 2. The Kier molecular flexibility index (Phi) is 24.1. The fourth-order valence-corrected chi connectivity index (χ4v) is 6.21. The highest BCUT2D eigenvalue weighted by Crippen LogP contribution is 2.11. The average molecular weight is 827 g/mol. The van der Waals surface area contributed by atoms with Crippen molar-refractivity contribution in [3.05, 3.63) is 35.9 Å². The molecule has 1 aromatic rings. The number of amides is 6. The largest absolute Gasteiger partial charge is 0.481 e. The zero-order valence-electron chi connectivity index (χ0n) is 32.3. The Morgan fingerprint density at radius 1 is 0.643 bits per heavy atom. The van der Waals surface area contributed by atoms with Crippen molar-refractivity contribution in [1.82, 2.24) is 31.9 Å². The molecule has 1 aromatic carbocycles. The summed E-state index contributed by atoms with van der Waals surface area (Å²) in [5, 5.41) is 33.6. The number of thioether (sulfide) groups is 2. The van der Waals surface area contributed by atoms with Crippen molar-refractivity contribution in [2.75, 3.05) is 37.1 Å². The molecule has 0 spiro atoms. The van der Waals surface area contributed by atoms with E-state index in [4.69, 9.17) is 16.6 Å². The first-order valence-electron chi connectivity index (χ1n) is 18.2. The van der Waals surface area contributed by atoms with Crippen molar-refractivity contribution in [1.29, 1.82) is 0 Å². The first-order chi connectivity index (χ1) is 26.5. The number of hydrogen-bond donors (Lipinski definition) is 10. The van der Waals surface area contributed by atoms with E-state index in [9.17, 15) is 43.5 Å². The monoisotopic (exact) mass is 826 g/mol. The Bertz CT molecular complexity index is 1460. The van der Waals surface area contributed by atoms with Gasteiger partial charge in [0.1, 0.15) is 36.8 Å². The minimum Gasteiger partial charge on any atom is -0.481 e. The first kappa shape index (κ1) is 49.6. The highest BCUT2D eigenvalue weighted by Gasteiger charge is 2.34. The number of aliphatic carboxylic acids is 2.